The normalized spacial score (nSPS) is 14.7. The van der Waals surface area contributed by atoms with Gasteiger partial charge in [-0.2, -0.15) is 0 Å². The molecule has 0 saturated heterocycles. The van der Waals surface area contributed by atoms with Gasteiger partial charge in [-0.05, 0) is 12.1 Å². The predicted octanol–water partition coefficient (Wildman–Crippen LogP) is 1.27. The predicted molar refractivity (Wildman–Crippen MR) is 56.4 cm³/mol. The van der Waals surface area contributed by atoms with Crippen molar-refractivity contribution in [1.29, 1.82) is 0 Å². The van der Waals surface area contributed by atoms with Crippen LogP contribution in [0, 0.1) is 0 Å². The lowest BCUT2D eigenvalue weighted by Crippen LogP contribution is -2.45. The molecule has 0 spiro atoms. The van der Waals surface area contributed by atoms with Crippen molar-refractivity contribution in [2.24, 2.45) is 0 Å². The number of amides is 2. The molecule has 0 bridgehead atoms. The number of urea groups is 1. The number of nitrogen functional groups attached to an aromatic ring is 1. The van der Waals surface area contributed by atoms with Gasteiger partial charge in [0, 0.05) is 17.8 Å². The maximum atomic E-state index is 12.3. The lowest BCUT2D eigenvalue weighted by molar-refractivity contribution is 0.244. The number of fused-ring (bicyclic) bond motifs is 1. The molecule has 0 fully saturated rings. The highest BCUT2D eigenvalue weighted by molar-refractivity contribution is 5.96. The summed E-state index contributed by atoms with van der Waals surface area (Å²) in [4.78, 5) is 12.8. The van der Waals surface area contributed by atoms with Gasteiger partial charge >= 0.3 is 6.03 Å². The zero-order valence-corrected chi connectivity index (χ0v) is 8.16. The number of nitrogens with zero attached hydrogens (tertiary/aromatic N) is 1. The van der Waals surface area contributed by atoms with Gasteiger partial charge in [0.2, 0.25) is 0 Å². The van der Waals surface area contributed by atoms with E-state index in [1.165, 1.54) is 4.90 Å². The summed E-state index contributed by atoms with van der Waals surface area (Å²) in [6, 6.07) is 5.04. The molecule has 0 atom stereocenters. The van der Waals surface area contributed by atoms with Gasteiger partial charge in [-0.15, -0.1) is 0 Å². The lowest BCUT2D eigenvalue weighted by atomic mass is 10.1. The standard InChI is InChI=1S/C10H12FN3O/c11-4-5-14-9-3-1-2-8(12)7(9)6-13-10(14)15/h1-3H,4-6,12H2,(H,13,15). The zero-order valence-electron chi connectivity index (χ0n) is 8.16. The van der Waals surface area contributed by atoms with E-state index < -0.39 is 6.67 Å². The Morgan fingerprint density at radius 3 is 3.07 bits per heavy atom. The molecule has 3 N–H and O–H groups in total. The minimum absolute atomic E-state index is 0.0578. The molecule has 4 nitrogen and oxygen atoms in total. The Labute approximate surface area is 86.9 Å². The van der Waals surface area contributed by atoms with Gasteiger partial charge in [-0.25, -0.2) is 9.18 Å². The smallest absolute Gasteiger partial charge is 0.322 e. The Kier molecular flexibility index (Phi) is 2.45. The second-order valence-corrected chi connectivity index (χ2v) is 3.34. The van der Waals surface area contributed by atoms with Crippen LogP contribution in [-0.4, -0.2) is 19.3 Å². The summed E-state index contributed by atoms with van der Waals surface area (Å²) in [5.41, 5.74) is 7.95. The third kappa shape index (κ3) is 1.60. The molecule has 2 rings (SSSR count). The highest BCUT2D eigenvalue weighted by atomic mass is 19.1. The van der Waals surface area contributed by atoms with E-state index in [1.54, 1.807) is 18.2 Å². The van der Waals surface area contributed by atoms with Gasteiger partial charge in [0.05, 0.1) is 12.2 Å². The summed E-state index contributed by atoms with van der Waals surface area (Å²) in [5, 5.41) is 2.65. The molecule has 0 radical (unpaired) electrons. The Hall–Kier alpha value is -1.78. The van der Waals surface area contributed by atoms with Crippen molar-refractivity contribution in [3.8, 4) is 0 Å². The van der Waals surface area contributed by atoms with Gasteiger partial charge in [0.15, 0.2) is 0 Å². The number of nitrogens with one attached hydrogen (secondary N) is 1. The summed E-state index contributed by atoms with van der Waals surface area (Å²) in [7, 11) is 0. The number of anilines is 2. The van der Waals surface area contributed by atoms with Crippen LogP contribution in [0.5, 0.6) is 0 Å². The van der Waals surface area contributed by atoms with Crippen LogP contribution in [0.1, 0.15) is 5.56 Å². The Morgan fingerprint density at radius 1 is 1.53 bits per heavy atom. The second-order valence-electron chi connectivity index (χ2n) is 3.34. The molecule has 1 aromatic rings. The topological polar surface area (TPSA) is 58.4 Å². The van der Waals surface area contributed by atoms with Gasteiger partial charge in [-0.1, -0.05) is 6.07 Å². The molecular formula is C10H12FN3O. The van der Waals surface area contributed by atoms with E-state index in [0.29, 0.717) is 17.9 Å². The molecule has 1 aliphatic heterocycles. The number of carbonyl (C=O) groups excluding carboxylic acids is 1. The highest BCUT2D eigenvalue weighted by Crippen LogP contribution is 2.28. The summed E-state index contributed by atoms with van der Waals surface area (Å²) in [6.07, 6.45) is 0. The minimum Gasteiger partial charge on any atom is -0.398 e. The first-order valence-corrected chi connectivity index (χ1v) is 4.72. The number of benzene rings is 1. The van der Waals surface area contributed by atoms with Crippen LogP contribution >= 0.6 is 0 Å². The maximum Gasteiger partial charge on any atom is 0.322 e. The van der Waals surface area contributed by atoms with E-state index in [4.69, 9.17) is 5.73 Å². The summed E-state index contributed by atoms with van der Waals surface area (Å²) in [6.45, 7) is -0.104. The van der Waals surface area contributed by atoms with Crippen molar-refractivity contribution in [1.82, 2.24) is 5.32 Å². The molecule has 1 heterocycles. The van der Waals surface area contributed by atoms with E-state index in [-0.39, 0.29) is 12.6 Å². The monoisotopic (exact) mass is 209 g/mol. The summed E-state index contributed by atoms with van der Waals surface area (Å²) >= 11 is 0. The minimum atomic E-state index is -0.568. The number of halogens is 1. The van der Waals surface area contributed by atoms with Crippen molar-refractivity contribution in [3.63, 3.8) is 0 Å². The SMILES string of the molecule is Nc1cccc2c1CNC(=O)N2CCF. The van der Waals surface area contributed by atoms with Crippen LogP contribution in [0.2, 0.25) is 0 Å². The van der Waals surface area contributed by atoms with Gasteiger partial charge in [0.25, 0.3) is 0 Å². The number of hydrogen-bond acceptors (Lipinski definition) is 2. The molecule has 2 amide bonds. The fourth-order valence-corrected chi connectivity index (χ4v) is 1.71. The van der Waals surface area contributed by atoms with Crippen LogP contribution < -0.4 is 16.0 Å². The maximum absolute atomic E-state index is 12.3. The zero-order chi connectivity index (χ0) is 10.8. The lowest BCUT2D eigenvalue weighted by Gasteiger charge is -2.29. The average Bonchev–Trinajstić information content (AvgIpc) is 2.23. The molecule has 5 heteroatoms. The third-order valence-corrected chi connectivity index (χ3v) is 2.45. The van der Waals surface area contributed by atoms with Crippen LogP contribution in [0.15, 0.2) is 18.2 Å². The molecule has 80 valence electrons. The first-order chi connectivity index (χ1) is 7.24. The molecule has 0 unspecified atom stereocenters. The first-order valence-electron chi connectivity index (χ1n) is 4.72. The molecule has 1 aromatic carbocycles. The van der Waals surface area contributed by atoms with Gasteiger partial charge < -0.3 is 11.1 Å². The molecule has 0 saturated carbocycles. The first kappa shape index (κ1) is 9.76. The van der Waals surface area contributed by atoms with E-state index >= 15 is 0 Å². The van der Waals surface area contributed by atoms with Crippen molar-refractivity contribution < 1.29 is 9.18 Å². The van der Waals surface area contributed by atoms with Crippen LogP contribution in [0.25, 0.3) is 0 Å². The van der Waals surface area contributed by atoms with Gasteiger partial charge in [0.1, 0.15) is 6.67 Å². The van der Waals surface area contributed by atoms with E-state index in [1.807, 2.05) is 0 Å². The number of rotatable bonds is 2. The number of hydrogen-bond donors (Lipinski definition) is 2. The summed E-state index contributed by atoms with van der Waals surface area (Å²) < 4.78 is 12.3. The van der Waals surface area contributed by atoms with Crippen LogP contribution in [-0.2, 0) is 6.54 Å². The molecule has 15 heavy (non-hydrogen) atoms. The Morgan fingerprint density at radius 2 is 2.33 bits per heavy atom. The molecule has 0 aromatic heterocycles. The quantitative estimate of drug-likeness (QED) is 0.720. The van der Waals surface area contributed by atoms with Crippen molar-refractivity contribution in [2.45, 2.75) is 6.54 Å². The Bertz CT molecular complexity index is 394. The highest BCUT2D eigenvalue weighted by Gasteiger charge is 2.24. The number of carbonyl (C=O) groups is 1. The fourth-order valence-electron chi connectivity index (χ4n) is 1.71. The fraction of sp³-hybridized carbons (Fsp3) is 0.300. The van der Waals surface area contributed by atoms with Crippen molar-refractivity contribution in [3.05, 3.63) is 23.8 Å². The number of alkyl halides is 1. The second kappa shape index (κ2) is 3.76. The largest absolute Gasteiger partial charge is 0.398 e. The van der Waals surface area contributed by atoms with Crippen LogP contribution in [0.3, 0.4) is 0 Å². The van der Waals surface area contributed by atoms with Crippen molar-refractivity contribution in [2.75, 3.05) is 23.9 Å². The Balaban J connectivity index is 2.43. The molecule has 1 aliphatic rings. The number of nitrogens with two attached hydrogens (primary N) is 1. The summed E-state index contributed by atoms with van der Waals surface area (Å²) in [5.74, 6) is 0. The van der Waals surface area contributed by atoms with E-state index in [2.05, 4.69) is 5.32 Å². The van der Waals surface area contributed by atoms with E-state index in [0.717, 1.165) is 5.56 Å². The molecular weight excluding hydrogens is 197 g/mol. The van der Waals surface area contributed by atoms with Crippen LogP contribution in [0.4, 0.5) is 20.6 Å². The third-order valence-electron chi connectivity index (χ3n) is 2.45. The van der Waals surface area contributed by atoms with E-state index in [9.17, 15) is 9.18 Å². The molecule has 0 aliphatic carbocycles. The van der Waals surface area contributed by atoms with Crippen molar-refractivity contribution >= 4 is 17.4 Å². The van der Waals surface area contributed by atoms with Gasteiger partial charge in [-0.3, -0.25) is 4.90 Å². The average molecular weight is 209 g/mol.